The summed E-state index contributed by atoms with van der Waals surface area (Å²) in [5.41, 5.74) is 7.32. The van der Waals surface area contributed by atoms with Crippen molar-refractivity contribution in [1.82, 2.24) is 9.55 Å². The molecule has 4 saturated carbocycles. The molecule has 1 atom stereocenters. The third kappa shape index (κ3) is 1.69. The van der Waals surface area contributed by atoms with Gasteiger partial charge in [0.2, 0.25) is 0 Å². The van der Waals surface area contributed by atoms with Crippen LogP contribution in [0.25, 0.3) is 0 Å². The summed E-state index contributed by atoms with van der Waals surface area (Å²) in [6, 6.07) is -0.296. The minimum absolute atomic E-state index is 0.00193. The fourth-order valence-electron chi connectivity index (χ4n) is 5.43. The minimum Gasteiger partial charge on any atom is -0.394 e. The highest BCUT2D eigenvalue weighted by Gasteiger charge is 2.52. The van der Waals surface area contributed by atoms with Gasteiger partial charge < -0.3 is 15.4 Å². The van der Waals surface area contributed by atoms with E-state index in [0.717, 1.165) is 23.4 Å². The van der Waals surface area contributed by atoms with Crippen molar-refractivity contribution in [1.29, 1.82) is 0 Å². The van der Waals surface area contributed by atoms with Gasteiger partial charge in [-0.05, 0) is 56.3 Å². The number of hydrogen-bond acceptors (Lipinski definition) is 3. The second-order valence-corrected chi connectivity index (χ2v) is 7.12. The first-order chi connectivity index (χ1) is 9.20. The molecule has 19 heavy (non-hydrogen) atoms. The number of hydrogen-bond donors (Lipinski definition) is 2. The summed E-state index contributed by atoms with van der Waals surface area (Å²) < 4.78 is 2.33. The van der Waals surface area contributed by atoms with Gasteiger partial charge in [0.15, 0.2) is 0 Å². The summed E-state index contributed by atoms with van der Waals surface area (Å²) in [5.74, 6) is 2.73. The summed E-state index contributed by atoms with van der Waals surface area (Å²) in [4.78, 5) is 4.32. The lowest BCUT2D eigenvalue weighted by atomic mass is 9.53. The van der Waals surface area contributed by atoms with E-state index in [1.54, 1.807) is 0 Å². The fraction of sp³-hybridized carbons (Fsp3) is 0.800. The molecular weight excluding hydrogens is 238 g/mol. The summed E-state index contributed by atoms with van der Waals surface area (Å²) in [6.45, 7) is -0.00193. The minimum atomic E-state index is -0.296. The summed E-state index contributed by atoms with van der Waals surface area (Å²) >= 11 is 0. The Morgan fingerprint density at radius 1 is 1.26 bits per heavy atom. The van der Waals surface area contributed by atoms with Crippen LogP contribution in [0.4, 0.5) is 0 Å². The van der Waals surface area contributed by atoms with Gasteiger partial charge in [-0.25, -0.2) is 4.98 Å². The Morgan fingerprint density at radius 3 is 2.37 bits per heavy atom. The van der Waals surface area contributed by atoms with Crippen molar-refractivity contribution in [2.45, 2.75) is 50.1 Å². The van der Waals surface area contributed by atoms with Gasteiger partial charge in [0, 0.05) is 11.7 Å². The number of aliphatic hydroxyl groups is 1. The standard InChI is InChI=1S/C15H23N3O/c16-13(8-19)14-7-17-9-18(14)15-4-10-1-11(5-15)3-12(2-10)6-15/h7,9-13,19H,1-6,8,16H2. The van der Waals surface area contributed by atoms with Crippen LogP contribution in [0.2, 0.25) is 0 Å². The Labute approximate surface area is 114 Å². The number of imidazole rings is 1. The van der Waals surface area contributed by atoms with Crippen molar-refractivity contribution in [3.8, 4) is 0 Å². The lowest BCUT2D eigenvalue weighted by molar-refractivity contribution is -0.0450. The molecule has 4 bridgehead atoms. The van der Waals surface area contributed by atoms with Gasteiger partial charge in [0.05, 0.1) is 24.7 Å². The molecule has 1 unspecified atom stereocenters. The van der Waals surface area contributed by atoms with E-state index in [2.05, 4.69) is 9.55 Å². The molecule has 0 spiro atoms. The maximum Gasteiger partial charge on any atom is 0.0953 e. The van der Waals surface area contributed by atoms with Gasteiger partial charge in [-0.1, -0.05) is 0 Å². The molecule has 4 aliphatic rings. The summed E-state index contributed by atoms with van der Waals surface area (Å²) in [5, 5.41) is 9.35. The van der Waals surface area contributed by atoms with Gasteiger partial charge in [-0.15, -0.1) is 0 Å². The Balaban J connectivity index is 1.74. The highest BCUT2D eigenvalue weighted by atomic mass is 16.3. The Hall–Kier alpha value is -0.870. The number of aliphatic hydroxyl groups excluding tert-OH is 1. The van der Waals surface area contributed by atoms with Crippen LogP contribution in [-0.4, -0.2) is 21.3 Å². The Bertz CT molecular complexity index is 446. The normalized spacial score (nSPS) is 41.7. The maximum absolute atomic E-state index is 9.35. The van der Waals surface area contributed by atoms with Gasteiger partial charge in [-0.2, -0.15) is 0 Å². The van der Waals surface area contributed by atoms with Crippen molar-refractivity contribution < 1.29 is 5.11 Å². The van der Waals surface area contributed by atoms with Crippen LogP contribution in [-0.2, 0) is 5.54 Å². The zero-order valence-corrected chi connectivity index (χ0v) is 11.3. The van der Waals surface area contributed by atoms with Gasteiger partial charge in [0.1, 0.15) is 0 Å². The van der Waals surface area contributed by atoms with Crippen LogP contribution < -0.4 is 5.73 Å². The lowest BCUT2D eigenvalue weighted by Gasteiger charge is -2.57. The van der Waals surface area contributed by atoms with E-state index < -0.39 is 0 Å². The maximum atomic E-state index is 9.35. The highest BCUT2D eigenvalue weighted by Crippen LogP contribution is 2.59. The Kier molecular flexibility index (Phi) is 2.55. The molecule has 1 aromatic rings. The van der Waals surface area contributed by atoms with Crippen LogP contribution in [0.15, 0.2) is 12.5 Å². The zero-order chi connectivity index (χ0) is 13.0. The van der Waals surface area contributed by atoms with E-state index in [4.69, 9.17) is 5.73 Å². The predicted molar refractivity (Wildman–Crippen MR) is 72.4 cm³/mol. The number of rotatable bonds is 3. The van der Waals surface area contributed by atoms with Gasteiger partial charge in [0.25, 0.3) is 0 Å². The third-order valence-electron chi connectivity index (χ3n) is 5.76. The van der Waals surface area contributed by atoms with Gasteiger partial charge in [-0.3, -0.25) is 0 Å². The quantitative estimate of drug-likeness (QED) is 0.872. The molecule has 0 radical (unpaired) electrons. The SMILES string of the molecule is NC(CO)c1cncn1C12CC3CC(CC(C3)C1)C2. The summed E-state index contributed by atoms with van der Waals surface area (Å²) in [7, 11) is 0. The average molecular weight is 261 g/mol. The topological polar surface area (TPSA) is 64.1 Å². The average Bonchev–Trinajstić information content (AvgIpc) is 2.86. The van der Waals surface area contributed by atoms with Crippen LogP contribution in [0.1, 0.15) is 50.3 Å². The molecule has 3 N–H and O–H groups in total. The fourth-order valence-corrected chi connectivity index (χ4v) is 5.43. The largest absolute Gasteiger partial charge is 0.394 e. The molecule has 4 nitrogen and oxygen atoms in total. The molecule has 4 heteroatoms. The number of nitrogens with two attached hydrogens (primary N) is 1. The first-order valence-electron chi connectivity index (χ1n) is 7.59. The van der Waals surface area contributed by atoms with Crippen molar-refractivity contribution >= 4 is 0 Å². The van der Waals surface area contributed by atoms with Crippen molar-refractivity contribution in [3.63, 3.8) is 0 Å². The van der Waals surface area contributed by atoms with Crippen molar-refractivity contribution in [3.05, 3.63) is 18.2 Å². The molecule has 0 amide bonds. The van der Waals surface area contributed by atoms with Crippen molar-refractivity contribution in [2.75, 3.05) is 6.61 Å². The first-order valence-corrected chi connectivity index (χ1v) is 7.59. The molecule has 5 rings (SSSR count). The highest BCUT2D eigenvalue weighted by molar-refractivity contribution is 5.14. The zero-order valence-electron chi connectivity index (χ0n) is 11.3. The van der Waals surface area contributed by atoms with E-state index in [1.165, 1.54) is 38.5 Å². The first kappa shape index (κ1) is 11.9. The molecule has 0 aromatic carbocycles. The monoisotopic (exact) mass is 261 g/mol. The summed E-state index contributed by atoms with van der Waals surface area (Å²) in [6.07, 6.45) is 12.0. The smallest absolute Gasteiger partial charge is 0.0953 e. The molecule has 4 fully saturated rings. The third-order valence-corrected chi connectivity index (χ3v) is 5.76. The second kappa shape index (κ2) is 4.06. The van der Waals surface area contributed by atoms with Crippen LogP contribution >= 0.6 is 0 Å². The van der Waals surface area contributed by atoms with E-state index in [0.29, 0.717) is 0 Å². The predicted octanol–water partition coefficient (Wildman–Crippen LogP) is 1.80. The van der Waals surface area contributed by atoms with E-state index in [-0.39, 0.29) is 18.2 Å². The second-order valence-electron chi connectivity index (χ2n) is 7.12. The van der Waals surface area contributed by atoms with Crippen LogP contribution in [0.3, 0.4) is 0 Å². The lowest BCUT2D eigenvalue weighted by Crippen LogP contribution is -2.52. The molecule has 1 heterocycles. The molecule has 104 valence electrons. The van der Waals surface area contributed by atoms with E-state index >= 15 is 0 Å². The van der Waals surface area contributed by atoms with Crippen molar-refractivity contribution in [2.24, 2.45) is 23.5 Å². The number of aromatic nitrogens is 2. The van der Waals surface area contributed by atoms with E-state index in [1.807, 2.05) is 12.5 Å². The number of nitrogens with zero attached hydrogens (tertiary/aromatic N) is 2. The Morgan fingerprint density at radius 2 is 1.84 bits per heavy atom. The molecule has 1 aromatic heterocycles. The van der Waals surface area contributed by atoms with Gasteiger partial charge >= 0.3 is 0 Å². The molecule has 4 aliphatic carbocycles. The van der Waals surface area contributed by atoms with Crippen LogP contribution in [0.5, 0.6) is 0 Å². The molecule has 0 aliphatic heterocycles. The van der Waals surface area contributed by atoms with Crippen LogP contribution in [0, 0.1) is 17.8 Å². The van der Waals surface area contributed by atoms with E-state index in [9.17, 15) is 5.11 Å². The molecular formula is C15H23N3O. The molecule has 0 saturated heterocycles.